The third kappa shape index (κ3) is 0.737. The molecule has 0 aromatic rings. The van der Waals surface area contributed by atoms with Crippen molar-refractivity contribution in [3.63, 3.8) is 0 Å². The third-order valence-corrected chi connectivity index (χ3v) is 2.45. The number of rotatable bonds is 0. The molecule has 54 valence electrons. The number of hydrogen-bond acceptors (Lipinski definition) is 0. The minimum Gasteiger partial charge on any atom is -0.199 e. The molecule has 1 aliphatic rings. The highest BCUT2D eigenvalue weighted by molar-refractivity contribution is 5.97. The Balaban J connectivity index is 3.22. The van der Waals surface area contributed by atoms with Crippen molar-refractivity contribution >= 4 is 5.71 Å². The van der Waals surface area contributed by atoms with Crippen LogP contribution < -0.4 is 0 Å². The van der Waals surface area contributed by atoms with Crippen molar-refractivity contribution in [1.29, 1.82) is 0 Å². The standard InChI is InChI=1S/C9H14N/c1-6-7(2)9(4)10(5)8(6)3/h3H2,1-2,4-5H3/q+1. The number of likely N-dealkylation sites (N-methyl/N-ethyl adjacent to an activating group) is 1. The Kier molecular flexibility index (Phi) is 1.51. The van der Waals surface area contributed by atoms with Crippen LogP contribution in [0.5, 0.6) is 0 Å². The van der Waals surface area contributed by atoms with Gasteiger partial charge in [-0.15, -0.1) is 0 Å². The fourth-order valence-electron chi connectivity index (χ4n) is 1.19. The molecule has 1 rings (SSSR count). The van der Waals surface area contributed by atoms with Crippen molar-refractivity contribution in [2.75, 3.05) is 7.05 Å². The molecule has 0 spiro atoms. The predicted octanol–water partition coefficient (Wildman–Crippen LogP) is 1.95. The van der Waals surface area contributed by atoms with Gasteiger partial charge in [0.15, 0.2) is 5.71 Å². The topological polar surface area (TPSA) is 3.01 Å². The van der Waals surface area contributed by atoms with E-state index in [4.69, 9.17) is 0 Å². The Morgan fingerprint density at radius 3 is 1.70 bits per heavy atom. The van der Waals surface area contributed by atoms with Crippen molar-refractivity contribution in [2.24, 2.45) is 0 Å². The fraction of sp³-hybridized carbons (Fsp3) is 0.444. The summed E-state index contributed by atoms with van der Waals surface area (Å²) in [4.78, 5) is 0. The molecule has 0 fully saturated rings. The summed E-state index contributed by atoms with van der Waals surface area (Å²) >= 11 is 0. The summed E-state index contributed by atoms with van der Waals surface area (Å²) < 4.78 is 2.13. The van der Waals surface area contributed by atoms with E-state index < -0.39 is 0 Å². The van der Waals surface area contributed by atoms with E-state index in [-0.39, 0.29) is 0 Å². The first kappa shape index (κ1) is 7.26. The lowest BCUT2D eigenvalue weighted by Crippen LogP contribution is -2.06. The third-order valence-electron chi connectivity index (χ3n) is 2.45. The zero-order valence-corrected chi connectivity index (χ0v) is 7.15. The maximum absolute atomic E-state index is 3.96. The molecular weight excluding hydrogens is 122 g/mol. The molecule has 1 aliphatic heterocycles. The van der Waals surface area contributed by atoms with Crippen LogP contribution in [0.1, 0.15) is 20.8 Å². The highest BCUT2D eigenvalue weighted by atomic mass is 15.0. The van der Waals surface area contributed by atoms with Crippen molar-refractivity contribution in [3.05, 3.63) is 23.4 Å². The summed E-state index contributed by atoms with van der Waals surface area (Å²) in [7, 11) is 2.05. The van der Waals surface area contributed by atoms with Crippen LogP contribution in [0.25, 0.3) is 0 Å². The van der Waals surface area contributed by atoms with Gasteiger partial charge in [-0.1, -0.05) is 0 Å². The van der Waals surface area contributed by atoms with Crippen molar-refractivity contribution in [1.82, 2.24) is 0 Å². The minimum absolute atomic E-state index is 1.13. The lowest BCUT2D eigenvalue weighted by molar-refractivity contribution is -0.435. The molecule has 0 saturated carbocycles. The maximum Gasteiger partial charge on any atom is 0.201 e. The van der Waals surface area contributed by atoms with Crippen LogP contribution in [-0.2, 0) is 0 Å². The Labute approximate surface area is 62.4 Å². The van der Waals surface area contributed by atoms with Crippen molar-refractivity contribution in [2.45, 2.75) is 20.8 Å². The summed E-state index contributed by atoms with van der Waals surface area (Å²) in [6, 6.07) is 0. The first-order valence-electron chi connectivity index (χ1n) is 3.50. The van der Waals surface area contributed by atoms with Crippen LogP contribution in [0, 0.1) is 0 Å². The molecule has 0 radical (unpaired) electrons. The van der Waals surface area contributed by atoms with Gasteiger partial charge in [-0.2, -0.15) is 4.58 Å². The van der Waals surface area contributed by atoms with Gasteiger partial charge >= 0.3 is 0 Å². The first-order valence-corrected chi connectivity index (χ1v) is 3.50. The Morgan fingerprint density at radius 1 is 1.10 bits per heavy atom. The summed E-state index contributed by atoms with van der Waals surface area (Å²) in [5.74, 6) is 0. The van der Waals surface area contributed by atoms with Crippen LogP contribution in [0.4, 0.5) is 0 Å². The Bertz CT molecular complexity index is 228. The van der Waals surface area contributed by atoms with Gasteiger partial charge in [0.2, 0.25) is 5.70 Å². The molecule has 0 aromatic carbocycles. The van der Waals surface area contributed by atoms with Gasteiger partial charge in [-0.25, -0.2) is 0 Å². The van der Waals surface area contributed by atoms with E-state index in [1.54, 1.807) is 0 Å². The van der Waals surface area contributed by atoms with Crippen LogP contribution in [-0.4, -0.2) is 17.3 Å². The number of nitrogens with zero attached hydrogens (tertiary/aromatic N) is 1. The molecule has 0 saturated heterocycles. The zero-order chi connectivity index (χ0) is 7.89. The fourth-order valence-corrected chi connectivity index (χ4v) is 1.19. The average Bonchev–Trinajstić information content (AvgIpc) is 2.07. The van der Waals surface area contributed by atoms with Crippen LogP contribution in [0.15, 0.2) is 23.4 Å². The van der Waals surface area contributed by atoms with Crippen molar-refractivity contribution in [3.8, 4) is 0 Å². The van der Waals surface area contributed by atoms with Gasteiger partial charge in [0, 0.05) is 18.1 Å². The van der Waals surface area contributed by atoms with Crippen LogP contribution >= 0.6 is 0 Å². The second-order valence-electron chi connectivity index (χ2n) is 2.84. The Hall–Kier alpha value is -0.850. The molecule has 1 heteroatoms. The maximum atomic E-state index is 3.96. The van der Waals surface area contributed by atoms with E-state index in [9.17, 15) is 0 Å². The zero-order valence-electron chi connectivity index (χ0n) is 7.15. The highest BCUT2D eigenvalue weighted by Crippen LogP contribution is 2.20. The molecule has 0 atom stereocenters. The molecule has 0 bridgehead atoms. The molecule has 1 heterocycles. The van der Waals surface area contributed by atoms with Gasteiger partial charge in [0.25, 0.3) is 0 Å². The monoisotopic (exact) mass is 136 g/mol. The summed E-state index contributed by atoms with van der Waals surface area (Å²) in [5, 5.41) is 0. The minimum atomic E-state index is 1.13. The van der Waals surface area contributed by atoms with Gasteiger partial charge < -0.3 is 0 Å². The summed E-state index contributed by atoms with van der Waals surface area (Å²) in [6.45, 7) is 10.3. The quantitative estimate of drug-likeness (QED) is 0.448. The molecule has 0 aliphatic carbocycles. The van der Waals surface area contributed by atoms with Gasteiger partial charge in [0.1, 0.15) is 7.05 Å². The lowest BCUT2D eigenvalue weighted by atomic mass is 10.1. The number of allylic oxidation sites excluding steroid dienone is 2. The summed E-state index contributed by atoms with van der Waals surface area (Å²) in [5.41, 5.74) is 5.14. The van der Waals surface area contributed by atoms with Gasteiger partial charge in [0.05, 0.1) is 0 Å². The summed E-state index contributed by atoms with van der Waals surface area (Å²) in [6.07, 6.45) is 0. The number of hydrogen-bond donors (Lipinski definition) is 0. The Morgan fingerprint density at radius 2 is 1.60 bits per heavy atom. The lowest BCUT2D eigenvalue weighted by Gasteiger charge is -1.90. The second kappa shape index (κ2) is 2.08. The smallest absolute Gasteiger partial charge is 0.199 e. The van der Waals surface area contributed by atoms with Gasteiger partial charge in [-0.05, 0) is 20.4 Å². The second-order valence-corrected chi connectivity index (χ2v) is 2.84. The largest absolute Gasteiger partial charge is 0.201 e. The SMILES string of the molecule is C=C1C(C)=C(C)C(C)=[N+]1C. The average molecular weight is 136 g/mol. The van der Waals surface area contributed by atoms with E-state index in [1.165, 1.54) is 16.9 Å². The molecule has 0 aromatic heterocycles. The van der Waals surface area contributed by atoms with Crippen LogP contribution in [0.2, 0.25) is 0 Å². The van der Waals surface area contributed by atoms with E-state index in [2.05, 4.69) is 39.0 Å². The molecular formula is C9H14N+. The molecule has 0 unspecified atom stereocenters. The van der Waals surface area contributed by atoms with E-state index in [1.807, 2.05) is 0 Å². The van der Waals surface area contributed by atoms with Crippen LogP contribution in [0.3, 0.4) is 0 Å². The predicted molar refractivity (Wildman–Crippen MR) is 44.4 cm³/mol. The normalized spacial score (nSPS) is 19.4. The molecule has 0 amide bonds. The molecule has 0 N–H and O–H groups in total. The van der Waals surface area contributed by atoms with E-state index >= 15 is 0 Å². The highest BCUT2D eigenvalue weighted by Gasteiger charge is 2.23. The van der Waals surface area contributed by atoms with E-state index in [0.717, 1.165) is 5.70 Å². The molecule has 1 nitrogen and oxygen atoms in total. The van der Waals surface area contributed by atoms with Crippen molar-refractivity contribution < 1.29 is 4.58 Å². The van der Waals surface area contributed by atoms with Gasteiger partial charge in [-0.3, -0.25) is 0 Å². The van der Waals surface area contributed by atoms with E-state index in [0.29, 0.717) is 0 Å². The first-order chi connectivity index (χ1) is 4.55. The molecule has 10 heavy (non-hydrogen) atoms.